The molecule has 1 unspecified atom stereocenters. The number of aromatic hydroxyl groups is 1. The van der Waals surface area contributed by atoms with E-state index in [9.17, 15) is 9.90 Å². The van der Waals surface area contributed by atoms with Crippen LogP contribution in [0.25, 0.3) is 0 Å². The van der Waals surface area contributed by atoms with Crippen molar-refractivity contribution in [2.75, 3.05) is 19.7 Å². The summed E-state index contributed by atoms with van der Waals surface area (Å²) in [6, 6.07) is 15.7. The van der Waals surface area contributed by atoms with Gasteiger partial charge in [-0.2, -0.15) is 0 Å². The summed E-state index contributed by atoms with van der Waals surface area (Å²) in [7, 11) is 0. The summed E-state index contributed by atoms with van der Waals surface area (Å²) in [6.07, 6.45) is 1.67. The van der Waals surface area contributed by atoms with Crippen molar-refractivity contribution < 1.29 is 14.6 Å². The topological polar surface area (TPSA) is 61.8 Å². The lowest BCUT2D eigenvalue weighted by molar-refractivity contribution is -0.127. The van der Waals surface area contributed by atoms with Gasteiger partial charge < -0.3 is 15.2 Å². The fourth-order valence-electron chi connectivity index (χ4n) is 3.72. The van der Waals surface area contributed by atoms with E-state index in [2.05, 4.69) is 10.2 Å². The maximum Gasteiger partial charge on any atom is 0.223 e. The number of piperidine rings is 1. The molecule has 28 heavy (non-hydrogen) atoms. The first-order valence-electron chi connectivity index (χ1n) is 10.1. The maximum absolute atomic E-state index is 12.6. The molecule has 0 radical (unpaired) electrons. The number of carbonyl (C=O) groups excluding carboxylic acids is 1. The van der Waals surface area contributed by atoms with Crippen molar-refractivity contribution >= 4 is 5.91 Å². The summed E-state index contributed by atoms with van der Waals surface area (Å²) in [6.45, 7) is 6.81. The Hall–Kier alpha value is -2.53. The molecule has 150 valence electrons. The second kappa shape index (κ2) is 9.60. The molecular weight excluding hydrogens is 352 g/mol. The van der Waals surface area contributed by atoms with Crippen LogP contribution >= 0.6 is 0 Å². The third-order valence-electron chi connectivity index (χ3n) is 5.39. The SMILES string of the molecule is CCOc1cccc(CN2CCC(C(=O)NC(C)c3ccccc3)CC2)c1O. The summed E-state index contributed by atoms with van der Waals surface area (Å²) in [5, 5.41) is 13.5. The van der Waals surface area contributed by atoms with Crippen molar-refractivity contribution in [1.29, 1.82) is 0 Å². The van der Waals surface area contributed by atoms with Gasteiger partial charge in [0.2, 0.25) is 5.91 Å². The number of amides is 1. The van der Waals surface area contributed by atoms with E-state index in [1.807, 2.05) is 56.3 Å². The molecule has 1 atom stereocenters. The summed E-state index contributed by atoms with van der Waals surface area (Å²) >= 11 is 0. The summed E-state index contributed by atoms with van der Waals surface area (Å²) in [4.78, 5) is 14.9. The van der Waals surface area contributed by atoms with Crippen LogP contribution in [0.1, 0.15) is 43.9 Å². The average Bonchev–Trinajstić information content (AvgIpc) is 2.72. The number of benzene rings is 2. The predicted octanol–water partition coefficient (Wildman–Crippen LogP) is 3.88. The van der Waals surface area contributed by atoms with Crippen molar-refractivity contribution in [2.45, 2.75) is 39.3 Å². The molecule has 1 saturated heterocycles. The fourth-order valence-corrected chi connectivity index (χ4v) is 3.72. The molecule has 0 bridgehead atoms. The molecule has 1 fully saturated rings. The molecular formula is C23H30N2O3. The van der Waals surface area contributed by atoms with E-state index >= 15 is 0 Å². The number of hydrogen-bond donors (Lipinski definition) is 2. The number of phenols is 1. The lowest BCUT2D eigenvalue weighted by atomic mass is 9.94. The van der Waals surface area contributed by atoms with Crippen LogP contribution in [-0.2, 0) is 11.3 Å². The van der Waals surface area contributed by atoms with Gasteiger partial charge in [0.05, 0.1) is 12.6 Å². The van der Waals surface area contributed by atoms with Gasteiger partial charge in [-0.25, -0.2) is 0 Å². The predicted molar refractivity (Wildman–Crippen MR) is 110 cm³/mol. The molecule has 0 aromatic heterocycles. The van der Waals surface area contributed by atoms with E-state index in [0.29, 0.717) is 18.9 Å². The highest BCUT2D eigenvalue weighted by atomic mass is 16.5. The molecule has 0 aliphatic carbocycles. The number of rotatable bonds is 7. The van der Waals surface area contributed by atoms with E-state index in [0.717, 1.165) is 37.1 Å². The quantitative estimate of drug-likeness (QED) is 0.763. The Balaban J connectivity index is 1.50. The highest BCUT2D eigenvalue weighted by Crippen LogP contribution is 2.31. The highest BCUT2D eigenvalue weighted by molar-refractivity contribution is 5.79. The first-order valence-corrected chi connectivity index (χ1v) is 10.1. The van der Waals surface area contributed by atoms with Crippen LogP contribution in [0.2, 0.25) is 0 Å². The van der Waals surface area contributed by atoms with Crippen LogP contribution in [0.4, 0.5) is 0 Å². The third-order valence-corrected chi connectivity index (χ3v) is 5.39. The Bertz CT molecular complexity index is 771. The lowest BCUT2D eigenvalue weighted by Gasteiger charge is -2.32. The van der Waals surface area contributed by atoms with Gasteiger partial charge in [0, 0.05) is 18.0 Å². The Morgan fingerprint density at radius 1 is 1.18 bits per heavy atom. The van der Waals surface area contributed by atoms with Gasteiger partial charge in [-0.15, -0.1) is 0 Å². The number of nitrogens with zero attached hydrogens (tertiary/aromatic N) is 1. The summed E-state index contributed by atoms with van der Waals surface area (Å²) < 4.78 is 5.47. The molecule has 3 rings (SSSR count). The second-order valence-corrected chi connectivity index (χ2v) is 7.39. The van der Waals surface area contributed by atoms with Crippen LogP contribution in [0, 0.1) is 5.92 Å². The minimum Gasteiger partial charge on any atom is -0.504 e. The minimum atomic E-state index is 0.0185. The zero-order valence-electron chi connectivity index (χ0n) is 16.7. The molecule has 0 spiro atoms. The number of nitrogens with one attached hydrogen (secondary N) is 1. The zero-order valence-corrected chi connectivity index (χ0v) is 16.7. The van der Waals surface area contributed by atoms with Gasteiger partial charge in [0.15, 0.2) is 11.5 Å². The number of phenolic OH excluding ortho intramolecular Hbond substituents is 1. The molecule has 5 nitrogen and oxygen atoms in total. The average molecular weight is 383 g/mol. The Morgan fingerprint density at radius 2 is 1.89 bits per heavy atom. The van der Waals surface area contributed by atoms with Gasteiger partial charge in [-0.05, 0) is 51.4 Å². The molecule has 1 heterocycles. The second-order valence-electron chi connectivity index (χ2n) is 7.39. The first-order chi connectivity index (χ1) is 13.6. The number of carbonyl (C=O) groups is 1. The molecule has 0 saturated carbocycles. The Kier molecular flexibility index (Phi) is 6.93. The molecule has 1 amide bonds. The number of likely N-dealkylation sites (tertiary alicyclic amines) is 1. The van der Waals surface area contributed by atoms with Crippen LogP contribution in [0.15, 0.2) is 48.5 Å². The van der Waals surface area contributed by atoms with E-state index in [4.69, 9.17) is 4.74 Å². The largest absolute Gasteiger partial charge is 0.504 e. The normalized spacial score (nSPS) is 16.5. The fraction of sp³-hybridized carbons (Fsp3) is 0.435. The highest BCUT2D eigenvalue weighted by Gasteiger charge is 2.26. The van der Waals surface area contributed by atoms with Crippen molar-refractivity contribution in [3.05, 3.63) is 59.7 Å². The molecule has 2 aromatic carbocycles. The van der Waals surface area contributed by atoms with Gasteiger partial charge in [0.1, 0.15) is 0 Å². The molecule has 5 heteroatoms. The van der Waals surface area contributed by atoms with Gasteiger partial charge in [-0.3, -0.25) is 9.69 Å². The van der Waals surface area contributed by atoms with Crippen molar-refractivity contribution in [1.82, 2.24) is 10.2 Å². The summed E-state index contributed by atoms with van der Waals surface area (Å²) in [5.41, 5.74) is 1.99. The van der Waals surface area contributed by atoms with Crippen LogP contribution in [0.5, 0.6) is 11.5 Å². The number of ether oxygens (including phenoxy) is 1. The maximum atomic E-state index is 12.6. The monoisotopic (exact) mass is 382 g/mol. The van der Waals surface area contributed by atoms with E-state index < -0.39 is 0 Å². The standard InChI is InChI=1S/C23H30N2O3/c1-3-28-21-11-7-10-20(22(21)26)16-25-14-12-19(13-15-25)23(27)24-17(2)18-8-5-4-6-9-18/h4-11,17,19,26H,3,12-16H2,1-2H3,(H,24,27). The number of hydrogen-bond acceptors (Lipinski definition) is 4. The Labute approximate surface area is 167 Å². The van der Waals surface area contributed by atoms with Crippen molar-refractivity contribution in [3.8, 4) is 11.5 Å². The van der Waals surface area contributed by atoms with Crippen molar-refractivity contribution in [3.63, 3.8) is 0 Å². The molecule has 2 N–H and O–H groups in total. The smallest absolute Gasteiger partial charge is 0.223 e. The third kappa shape index (κ3) is 5.04. The van der Waals surface area contributed by atoms with Gasteiger partial charge >= 0.3 is 0 Å². The van der Waals surface area contributed by atoms with E-state index in [1.54, 1.807) is 6.07 Å². The van der Waals surface area contributed by atoms with Gasteiger partial charge in [-0.1, -0.05) is 42.5 Å². The lowest BCUT2D eigenvalue weighted by Crippen LogP contribution is -2.40. The Morgan fingerprint density at radius 3 is 2.57 bits per heavy atom. The first kappa shape index (κ1) is 20.2. The van der Waals surface area contributed by atoms with E-state index in [-0.39, 0.29) is 23.6 Å². The zero-order chi connectivity index (χ0) is 19.9. The summed E-state index contributed by atoms with van der Waals surface area (Å²) in [5.74, 6) is 0.938. The molecule has 2 aromatic rings. The molecule has 1 aliphatic heterocycles. The van der Waals surface area contributed by atoms with Crippen LogP contribution in [-0.4, -0.2) is 35.6 Å². The van der Waals surface area contributed by atoms with Crippen LogP contribution in [0.3, 0.4) is 0 Å². The van der Waals surface area contributed by atoms with Crippen LogP contribution < -0.4 is 10.1 Å². The number of para-hydroxylation sites is 1. The van der Waals surface area contributed by atoms with E-state index in [1.165, 1.54) is 0 Å². The van der Waals surface area contributed by atoms with Crippen molar-refractivity contribution in [2.24, 2.45) is 5.92 Å². The molecule has 1 aliphatic rings. The minimum absolute atomic E-state index is 0.0185. The van der Waals surface area contributed by atoms with Gasteiger partial charge in [0.25, 0.3) is 0 Å².